The lowest BCUT2D eigenvalue weighted by Gasteiger charge is -2.03. The Bertz CT molecular complexity index is 438. The van der Waals surface area contributed by atoms with E-state index in [1.807, 2.05) is 0 Å². The van der Waals surface area contributed by atoms with Crippen LogP contribution < -0.4 is 0 Å². The smallest absolute Gasteiger partial charge is 0.304 e. The summed E-state index contributed by atoms with van der Waals surface area (Å²) in [5.41, 5.74) is 0. The molecule has 0 aliphatic carbocycles. The van der Waals surface area contributed by atoms with Crippen LogP contribution in [0.15, 0.2) is 24.8 Å². The monoisotopic (exact) mass is 286 g/mol. The van der Waals surface area contributed by atoms with Gasteiger partial charge < -0.3 is 4.74 Å². The molecule has 0 N–H and O–H groups in total. The van der Waals surface area contributed by atoms with Crippen molar-refractivity contribution in [2.75, 3.05) is 0 Å². The number of esters is 1. The molecule has 0 unspecified atom stereocenters. The molecule has 1 atom stereocenters. The molecule has 0 heterocycles. The van der Waals surface area contributed by atoms with Gasteiger partial charge in [0.15, 0.2) is 6.10 Å². The fourth-order valence-corrected chi connectivity index (χ4v) is 1.64. The highest BCUT2D eigenvalue weighted by molar-refractivity contribution is 5.66. The van der Waals surface area contributed by atoms with E-state index in [0.29, 0.717) is 6.42 Å². The van der Waals surface area contributed by atoms with E-state index in [9.17, 15) is 4.79 Å². The summed E-state index contributed by atoms with van der Waals surface area (Å²) >= 11 is 0. The normalized spacial score (nSPS) is 11.0. The van der Waals surface area contributed by atoms with E-state index in [2.05, 4.69) is 49.3 Å². The number of allylic oxidation sites excluding steroid dienone is 2. The lowest BCUT2D eigenvalue weighted by molar-refractivity contribution is -0.142. The summed E-state index contributed by atoms with van der Waals surface area (Å²) in [6.45, 7) is 7.12. The van der Waals surface area contributed by atoms with E-state index in [-0.39, 0.29) is 5.97 Å². The number of unbranched alkanes of at least 4 members (excludes halogenated alkanes) is 5. The van der Waals surface area contributed by atoms with Crippen molar-refractivity contribution in [1.82, 2.24) is 0 Å². The first-order chi connectivity index (χ1) is 10.2. The zero-order chi connectivity index (χ0) is 15.8. The minimum atomic E-state index is -0.574. The van der Waals surface area contributed by atoms with E-state index in [1.54, 1.807) is 0 Å². The second-order valence-corrected chi connectivity index (χ2v) is 4.72. The summed E-state index contributed by atoms with van der Waals surface area (Å²) in [7, 11) is 0. The van der Waals surface area contributed by atoms with Crippen LogP contribution in [0.2, 0.25) is 0 Å². The van der Waals surface area contributed by atoms with Crippen LogP contribution in [0.25, 0.3) is 0 Å². The highest BCUT2D eigenvalue weighted by atomic mass is 16.5. The molecule has 0 aliphatic heterocycles. The molecule has 2 nitrogen and oxygen atoms in total. The maximum Gasteiger partial charge on any atom is 0.304 e. The first kappa shape index (κ1) is 19.1. The van der Waals surface area contributed by atoms with Crippen molar-refractivity contribution < 1.29 is 9.53 Å². The quantitative estimate of drug-likeness (QED) is 0.271. The summed E-state index contributed by atoms with van der Waals surface area (Å²) in [6.07, 6.45) is 13.5. The third kappa shape index (κ3) is 14.3. The second-order valence-electron chi connectivity index (χ2n) is 4.72. The summed E-state index contributed by atoms with van der Waals surface area (Å²) < 4.78 is 4.89. The summed E-state index contributed by atoms with van der Waals surface area (Å²) in [5, 5.41) is 0. The van der Waals surface area contributed by atoms with Gasteiger partial charge >= 0.3 is 5.97 Å². The van der Waals surface area contributed by atoms with Gasteiger partial charge in [0.25, 0.3) is 0 Å². The molecular formula is C19H26O2. The van der Waals surface area contributed by atoms with E-state index in [4.69, 9.17) is 4.74 Å². The Balaban J connectivity index is 3.78. The molecule has 0 saturated heterocycles. The van der Waals surface area contributed by atoms with Crippen LogP contribution >= 0.6 is 0 Å². The van der Waals surface area contributed by atoms with Crippen molar-refractivity contribution in [1.29, 1.82) is 0 Å². The van der Waals surface area contributed by atoms with Crippen molar-refractivity contribution in [2.45, 2.75) is 64.9 Å². The number of hydrogen-bond acceptors (Lipinski definition) is 2. The summed E-state index contributed by atoms with van der Waals surface area (Å²) in [4.78, 5) is 10.7. The Morgan fingerprint density at radius 2 is 1.95 bits per heavy atom. The molecule has 0 aromatic carbocycles. The molecule has 0 rings (SSSR count). The maximum atomic E-state index is 10.7. The Labute approximate surface area is 129 Å². The number of ether oxygens (including phenoxy) is 1. The van der Waals surface area contributed by atoms with Crippen LogP contribution in [0, 0.1) is 23.7 Å². The number of rotatable bonds is 9. The topological polar surface area (TPSA) is 26.3 Å². The van der Waals surface area contributed by atoms with Gasteiger partial charge in [0.2, 0.25) is 0 Å². The Morgan fingerprint density at radius 3 is 2.62 bits per heavy atom. The Hall–Kier alpha value is -1.93. The Kier molecular flexibility index (Phi) is 13.1. The Morgan fingerprint density at radius 1 is 1.19 bits per heavy atom. The molecule has 0 amide bonds. The second kappa shape index (κ2) is 14.5. The third-order valence-electron chi connectivity index (χ3n) is 2.73. The number of hydrogen-bond donors (Lipinski definition) is 0. The molecule has 0 aliphatic rings. The average molecular weight is 286 g/mol. The van der Waals surface area contributed by atoms with E-state index >= 15 is 0 Å². The predicted octanol–water partition coefficient (Wildman–Crippen LogP) is 4.42. The van der Waals surface area contributed by atoms with Crippen LogP contribution in [0.3, 0.4) is 0 Å². The minimum absolute atomic E-state index is 0.371. The molecule has 0 aromatic heterocycles. The van der Waals surface area contributed by atoms with Crippen LogP contribution in [0.5, 0.6) is 0 Å². The molecule has 0 bridgehead atoms. The van der Waals surface area contributed by atoms with Gasteiger partial charge in [-0.05, 0) is 36.7 Å². The number of carbonyl (C=O) groups excluding carboxylic acids is 1. The molecule has 0 spiro atoms. The maximum absolute atomic E-state index is 10.7. The molecule has 0 aromatic rings. The van der Waals surface area contributed by atoms with Crippen LogP contribution in [0.4, 0.5) is 0 Å². The third-order valence-corrected chi connectivity index (χ3v) is 2.73. The van der Waals surface area contributed by atoms with Gasteiger partial charge in [-0.1, -0.05) is 57.3 Å². The zero-order valence-corrected chi connectivity index (χ0v) is 13.3. The van der Waals surface area contributed by atoms with Gasteiger partial charge in [0, 0.05) is 13.3 Å². The lowest BCUT2D eigenvalue weighted by atomic mass is 10.1. The zero-order valence-electron chi connectivity index (χ0n) is 13.3. The van der Waals surface area contributed by atoms with Crippen LogP contribution in [-0.2, 0) is 9.53 Å². The first-order valence-electron chi connectivity index (χ1n) is 7.63. The molecule has 21 heavy (non-hydrogen) atoms. The fourth-order valence-electron chi connectivity index (χ4n) is 1.64. The molecular weight excluding hydrogens is 260 g/mol. The summed E-state index contributed by atoms with van der Waals surface area (Å²) in [6, 6.07) is 0. The highest BCUT2D eigenvalue weighted by Gasteiger charge is 2.00. The fraction of sp³-hybridized carbons (Fsp3) is 0.526. The van der Waals surface area contributed by atoms with Crippen molar-refractivity contribution in [2.24, 2.45) is 0 Å². The van der Waals surface area contributed by atoms with Gasteiger partial charge in [0.05, 0.1) is 0 Å². The highest BCUT2D eigenvalue weighted by Crippen LogP contribution is 2.05. The number of carbonyl (C=O) groups is 1. The van der Waals surface area contributed by atoms with Crippen molar-refractivity contribution >= 4 is 5.97 Å². The molecule has 114 valence electrons. The van der Waals surface area contributed by atoms with Crippen molar-refractivity contribution in [3.05, 3.63) is 24.8 Å². The largest absolute Gasteiger partial charge is 0.445 e. The van der Waals surface area contributed by atoms with Crippen molar-refractivity contribution in [3.8, 4) is 23.7 Å². The van der Waals surface area contributed by atoms with Crippen LogP contribution in [0.1, 0.15) is 58.8 Å². The van der Waals surface area contributed by atoms with Gasteiger partial charge in [0.1, 0.15) is 0 Å². The van der Waals surface area contributed by atoms with Gasteiger partial charge in [-0.15, -0.1) is 0 Å². The first-order valence-corrected chi connectivity index (χ1v) is 7.63. The predicted molar refractivity (Wildman–Crippen MR) is 88.4 cm³/mol. The molecule has 0 saturated carbocycles. The van der Waals surface area contributed by atoms with E-state index in [0.717, 1.165) is 6.42 Å². The minimum Gasteiger partial charge on any atom is -0.445 e. The SMILES string of the molecule is C=C[C@H](C#CC#CC/C=C\CCCCCCC)OC(C)=O. The van der Waals surface area contributed by atoms with Gasteiger partial charge in [-0.2, -0.15) is 0 Å². The van der Waals surface area contributed by atoms with Crippen LogP contribution in [-0.4, -0.2) is 12.1 Å². The van der Waals surface area contributed by atoms with E-state index in [1.165, 1.54) is 45.1 Å². The van der Waals surface area contributed by atoms with Crippen molar-refractivity contribution in [3.63, 3.8) is 0 Å². The molecule has 0 fully saturated rings. The van der Waals surface area contributed by atoms with Gasteiger partial charge in [-0.25, -0.2) is 0 Å². The van der Waals surface area contributed by atoms with E-state index < -0.39 is 6.10 Å². The summed E-state index contributed by atoms with van der Waals surface area (Å²) in [5.74, 6) is 10.7. The van der Waals surface area contributed by atoms with Gasteiger partial charge in [-0.3, -0.25) is 4.79 Å². The lowest BCUT2D eigenvalue weighted by Crippen LogP contribution is -2.10. The molecule has 0 radical (unpaired) electrons. The standard InChI is InChI=1S/C19H26O2/c1-4-6-7-8-9-10-11-12-13-14-15-16-17-19(5-2)21-18(3)20/h5,11-12,19H,2,4,6-10,13H2,1,3H3/b12-11-/t19-/m1/s1. The molecule has 2 heteroatoms. The average Bonchev–Trinajstić information content (AvgIpc) is 2.46.